The number of likely N-dealkylation sites (N-methyl/N-ethyl adjacent to an activating group) is 1. The molecule has 12 heteroatoms. The number of hydrogen-bond donors (Lipinski definition) is 1. The third-order valence-electron chi connectivity index (χ3n) is 9.24. The predicted molar refractivity (Wildman–Crippen MR) is 172 cm³/mol. The Morgan fingerprint density at radius 3 is 2.41 bits per heavy atom. The van der Waals surface area contributed by atoms with Crippen molar-refractivity contribution >= 4 is 51.8 Å². The van der Waals surface area contributed by atoms with Crippen LogP contribution in [0.25, 0.3) is 10.9 Å². The number of para-hydroxylation sites is 1. The number of nitrogens with one attached hydrogen (secondary N) is 1. The van der Waals surface area contributed by atoms with E-state index in [0.29, 0.717) is 44.3 Å². The smallest absolute Gasteiger partial charge is 0.308 e. The van der Waals surface area contributed by atoms with Crippen molar-refractivity contribution in [3.63, 3.8) is 0 Å². The Hall–Kier alpha value is -3.80. The largest absolute Gasteiger partial charge is 0.469 e. The number of aromatic nitrogens is 1. The van der Waals surface area contributed by atoms with Crippen LogP contribution < -0.4 is 5.32 Å². The Balaban J connectivity index is 1.40. The van der Waals surface area contributed by atoms with Gasteiger partial charge in [0.2, 0.25) is 11.7 Å². The van der Waals surface area contributed by atoms with Crippen molar-refractivity contribution in [3.05, 3.63) is 64.6 Å². The minimum Gasteiger partial charge on any atom is -0.469 e. The Morgan fingerprint density at radius 1 is 1.09 bits per heavy atom. The number of ether oxygens (including phenoxy) is 2. The number of halogens is 2. The van der Waals surface area contributed by atoms with Crippen molar-refractivity contribution in [2.45, 2.75) is 63.8 Å². The Bertz CT molecular complexity index is 1650. The molecule has 0 bridgehead atoms. The fraction of sp³-hybridized carbons (Fsp3) is 0.471. The summed E-state index contributed by atoms with van der Waals surface area (Å²) in [7, 11) is 4.72. The predicted octanol–water partition coefficient (Wildman–Crippen LogP) is 5.31. The zero-order valence-corrected chi connectivity index (χ0v) is 27.4. The van der Waals surface area contributed by atoms with Crippen molar-refractivity contribution in [1.29, 1.82) is 0 Å². The molecule has 2 amide bonds. The second-order valence-corrected chi connectivity index (χ2v) is 12.6. The molecule has 2 aliphatic rings. The Kier molecular flexibility index (Phi) is 10.1. The Morgan fingerprint density at radius 2 is 1.76 bits per heavy atom. The second-order valence-electron chi connectivity index (χ2n) is 12.1. The molecule has 1 aliphatic carbocycles. The summed E-state index contributed by atoms with van der Waals surface area (Å²) in [6, 6.07) is 9.88. The maximum Gasteiger partial charge on any atom is 0.308 e. The van der Waals surface area contributed by atoms with Gasteiger partial charge in [0.1, 0.15) is 5.82 Å². The van der Waals surface area contributed by atoms with E-state index in [2.05, 4.69) is 5.32 Å². The lowest BCUT2D eigenvalue weighted by molar-refractivity contribution is -0.247. The highest BCUT2D eigenvalue weighted by Gasteiger charge is 2.52. The molecular formula is C34H40ClFN4O6. The summed E-state index contributed by atoms with van der Waals surface area (Å²) in [5, 5.41) is 3.51. The van der Waals surface area contributed by atoms with Crippen LogP contribution in [0.4, 0.5) is 10.1 Å². The van der Waals surface area contributed by atoms with E-state index in [0.717, 1.165) is 29.8 Å². The number of carbonyl (C=O) groups excluding carboxylic acids is 4. The first-order valence-corrected chi connectivity index (χ1v) is 16.0. The van der Waals surface area contributed by atoms with Crippen LogP contribution >= 0.6 is 11.6 Å². The van der Waals surface area contributed by atoms with Crippen molar-refractivity contribution in [2.24, 2.45) is 13.0 Å². The molecule has 1 unspecified atom stereocenters. The lowest BCUT2D eigenvalue weighted by atomic mass is 9.87. The number of amides is 2. The lowest BCUT2D eigenvalue weighted by Crippen LogP contribution is -2.68. The minimum atomic E-state index is -1.77. The van der Waals surface area contributed by atoms with E-state index in [4.69, 9.17) is 21.1 Å². The third kappa shape index (κ3) is 6.54. The molecule has 2 aromatic carbocycles. The highest BCUT2D eigenvalue weighted by molar-refractivity contribution is 6.34. The van der Waals surface area contributed by atoms with Crippen LogP contribution in [0.5, 0.6) is 0 Å². The first-order chi connectivity index (χ1) is 22.0. The van der Waals surface area contributed by atoms with Crippen LogP contribution in [0.3, 0.4) is 0 Å². The van der Waals surface area contributed by atoms with Gasteiger partial charge in [-0.1, -0.05) is 29.8 Å². The summed E-state index contributed by atoms with van der Waals surface area (Å²) in [5.41, 5.74) is 1.36. The number of aryl methyl sites for hydroxylation is 1. The average Bonchev–Trinajstić information content (AvgIpc) is 3.71. The normalized spacial score (nSPS) is 19.9. The summed E-state index contributed by atoms with van der Waals surface area (Å²) in [5.74, 6) is -4.36. The third-order valence-corrected chi connectivity index (χ3v) is 9.55. The van der Waals surface area contributed by atoms with Crippen molar-refractivity contribution in [2.75, 3.05) is 32.6 Å². The molecular weight excluding hydrogens is 615 g/mol. The molecule has 1 aliphatic heterocycles. The molecule has 0 radical (unpaired) electrons. The molecule has 0 spiro atoms. The van der Waals surface area contributed by atoms with Crippen LogP contribution in [0, 0.1) is 11.7 Å². The lowest BCUT2D eigenvalue weighted by Gasteiger charge is -2.48. The summed E-state index contributed by atoms with van der Waals surface area (Å²) in [4.78, 5) is 55.7. The molecule has 1 saturated heterocycles. The van der Waals surface area contributed by atoms with Gasteiger partial charge in [-0.2, -0.15) is 0 Å². The van der Waals surface area contributed by atoms with Crippen molar-refractivity contribution in [3.8, 4) is 0 Å². The fourth-order valence-corrected chi connectivity index (χ4v) is 6.90. The molecule has 1 N–H and O–H groups in total. The topological polar surface area (TPSA) is 110 Å². The van der Waals surface area contributed by atoms with Crippen molar-refractivity contribution < 1.29 is 33.0 Å². The van der Waals surface area contributed by atoms with Gasteiger partial charge in [-0.3, -0.25) is 29.0 Å². The average molecular weight is 655 g/mol. The van der Waals surface area contributed by atoms with Crippen LogP contribution in [-0.2, 0) is 37.3 Å². The zero-order valence-electron chi connectivity index (χ0n) is 26.6. The van der Waals surface area contributed by atoms with E-state index < -0.39 is 35.9 Å². The number of Topliss-reactive ketones (excluding diaryl/α,β-unsaturated/α-hetero) is 1. The van der Waals surface area contributed by atoms with Gasteiger partial charge in [0.15, 0.2) is 0 Å². The molecule has 1 saturated carbocycles. The number of likely N-dealkylation sites (tertiary alicyclic amines) is 1. The monoisotopic (exact) mass is 654 g/mol. The number of anilines is 1. The van der Waals surface area contributed by atoms with Crippen LogP contribution in [0.2, 0.25) is 5.02 Å². The van der Waals surface area contributed by atoms with E-state index in [9.17, 15) is 19.2 Å². The summed E-state index contributed by atoms with van der Waals surface area (Å²) in [6.07, 6.45) is 4.56. The number of carbonyl (C=O) groups is 4. The van der Waals surface area contributed by atoms with Crippen LogP contribution in [0.1, 0.15) is 61.4 Å². The van der Waals surface area contributed by atoms with Gasteiger partial charge in [-0.25, -0.2) is 4.39 Å². The van der Waals surface area contributed by atoms with Gasteiger partial charge in [0.25, 0.3) is 11.8 Å². The fourth-order valence-electron chi connectivity index (χ4n) is 6.66. The minimum absolute atomic E-state index is 0.0108. The van der Waals surface area contributed by atoms with Gasteiger partial charge in [-0.15, -0.1) is 0 Å². The summed E-state index contributed by atoms with van der Waals surface area (Å²) in [6.45, 7) is 2.40. The first kappa shape index (κ1) is 33.6. The summed E-state index contributed by atoms with van der Waals surface area (Å²) < 4.78 is 29.1. The molecule has 10 nitrogen and oxygen atoms in total. The molecule has 1 aromatic heterocycles. The first-order valence-electron chi connectivity index (χ1n) is 15.6. The highest BCUT2D eigenvalue weighted by Crippen LogP contribution is 2.36. The number of ketones is 1. The van der Waals surface area contributed by atoms with Gasteiger partial charge < -0.3 is 19.4 Å². The number of benzene rings is 2. The zero-order chi connectivity index (χ0) is 33.2. The highest BCUT2D eigenvalue weighted by atomic mass is 35.5. The molecule has 1 atom stereocenters. The second kappa shape index (κ2) is 13.9. The summed E-state index contributed by atoms with van der Waals surface area (Å²) >= 11 is 6.56. The van der Waals surface area contributed by atoms with Crippen LogP contribution in [0.15, 0.2) is 42.6 Å². The van der Waals surface area contributed by atoms with Crippen LogP contribution in [-0.4, -0.2) is 77.1 Å². The molecule has 5 rings (SSSR count). The van der Waals surface area contributed by atoms with E-state index in [1.54, 1.807) is 6.20 Å². The van der Waals surface area contributed by atoms with E-state index in [-0.39, 0.29) is 34.1 Å². The molecule has 2 heterocycles. The number of hydrogen-bond acceptors (Lipinski definition) is 7. The quantitative estimate of drug-likeness (QED) is 0.233. The Labute approximate surface area is 272 Å². The number of rotatable bonds is 10. The van der Waals surface area contributed by atoms with E-state index >= 15 is 4.39 Å². The van der Waals surface area contributed by atoms with Gasteiger partial charge in [0, 0.05) is 57.6 Å². The van der Waals surface area contributed by atoms with Crippen molar-refractivity contribution in [1.82, 2.24) is 14.4 Å². The maximum atomic E-state index is 15.7. The SMILES string of the molecule is COC(=O)[C@H]1CC[C@H](OC(C(=O)Cc2cc(Cl)c(NC(=O)c3cn(C)c4ccccc34)cc2F)(N2CCCC2)N(C)C(C)=O)CC1. The van der Waals surface area contributed by atoms with Gasteiger partial charge >= 0.3 is 5.97 Å². The van der Waals surface area contributed by atoms with E-state index in [1.807, 2.05) is 40.8 Å². The van der Waals surface area contributed by atoms with Gasteiger partial charge in [0.05, 0.1) is 35.4 Å². The van der Waals surface area contributed by atoms with Gasteiger partial charge in [-0.05, 0) is 62.3 Å². The number of methoxy groups -OCH3 is 1. The maximum absolute atomic E-state index is 15.7. The molecule has 46 heavy (non-hydrogen) atoms. The van der Waals surface area contributed by atoms with E-state index in [1.165, 1.54) is 32.0 Å². The molecule has 246 valence electrons. The standard InChI is InChI=1S/C34H40ClFN4O6/c1-21(41)39(3)34(40-15-7-8-16-40,46-24-13-11-22(12-14-24)33(44)45-4)31(42)18-23-17-27(35)29(19-28(23)36)37-32(43)26-20-38(2)30-10-6-5-9-25(26)30/h5-6,9-10,17,19-20,22,24H,7-8,11-16,18H2,1-4H3,(H,37,43)/t22-,24-,34?. The number of esters is 1. The molecule has 2 fully saturated rings. The number of fused-ring (bicyclic) bond motifs is 1. The molecule has 3 aromatic rings. The number of nitrogens with zero attached hydrogens (tertiary/aromatic N) is 3.